The van der Waals surface area contributed by atoms with Crippen LogP contribution in [0.2, 0.25) is 0 Å². The van der Waals surface area contributed by atoms with Crippen LogP contribution in [0, 0.1) is 0 Å². The Kier molecular flexibility index (Phi) is 2.19. The SMILES string of the molecule is CC(C(N)=O)N1Cc2ccccc2C1=O. The smallest absolute Gasteiger partial charge is 0.255 e. The summed E-state index contributed by atoms with van der Waals surface area (Å²) in [5, 5.41) is 0. The van der Waals surface area contributed by atoms with E-state index < -0.39 is 11.9 Å². The van der Waals surface area contributed by atoms with E-state index in [-0.39, 0.29) is 5.91 Å². The van der Waals surface area contributed by atoms with Gasteiger partial charge in [0.1, 0.15) is 6.04 Å². The minimum Gasteiger partial charge on any atom is -0.368 e. The number of nitrogens with two attached hydrogens (primary N) is 1. The van der Waals surface area contributed by atoms with Crippen molar-refractivity contribution in [3.63, 3.8) is 0 Å². The quantitative estimate of drug-likeness (QED) is 0.763. The molecule has 0 radical (unpaired) electrons. The van der Waals surface area contributed by atoms with E-state index in [1.165, 1.54) is 4.90 Å². The number of carbonyl (C=O) groups excluding carboxylic acids is 2. The molecule has 4 nitrogen and oxygen atoms in total. The number of primary amides is 1. The number of hydrogen-bond acceptors (Lipinski definition) is 2. The van der Waals surface area contributed by atoms with Crippen molar-refractivity contribution < 1.29 is 9.59 Å². The molecule has 2 rings (SSSR count). The van der Waals surface area contributed by atoms with Gasteiger partial charge in [0.25, 0.3) is 5.91 Å². The minimum atomic E-state index is -0.551. The molecule has 2 N–H and O–H groups in total. The molecule has 2 amide bonds. The summed E-state index contributed by atoms with van der Waals surface area (Å²) in [6, 6.07) is 6.80. The van der Waals surface area contributed by atoms with Crippen molar-refractivity contribution in [3.8, 4) is 0 Å². The lowest BCUT2D eigenvalue weighted by molar-refractivity contribution is -0.122. The molecule has 15 heavy (non-hydrogen) atoms. The molecule has 0 fully saturated rings. The Labute approximate surface area is 87.7 Å². The third-order valence-corrected chi connectivity index (χ3v) is 2.73. The van der Waals surface area contributed by atoms with Crippen LogP contribution in [0.5, 0.6) is 0 Å². The monoisotopic (exact) mass is 204 g/mol. The lowest BCUT2D eigenvalue weighted by Crippen LogP contribution is -2.42. The van der Waals surface area contributed by atoms with Crippen molar-refractivity contribution >= 4 is 11.8 Å². The molecule has 1 heterocycles. The highest BCUT2D eigenvalue weighted by molar-refractivity contribution is 6.00. The molecule has 1 aliphatic rings. The maximum atomic E-state index is 11.9. The predicted octanol–water partition coefficient (Wildman–Crippen LogP) is 0.516. The van der Waals surface area contributed by atoms with E-state index in [4.69, 9.17) is 5.73 Å². The van der Waals surface area contributed by atoms with Gasteiger partial charge in [0.2, 0.25) is 5.91 Å². The highest BCUT2D eigenvalue weighted by atomic mass is 16.2. The predicted molar refractivity (Wildman–Crippen MR) is 55.0 cm³/mol. The second-order valence-corrected chi connectivity index (χ2v) is 3.67. The zero-order valence-corrected chi connectivity index (χ0v) is 8.43. The number of carbonyl (C=O) groups is 2. The Morgan fingerprint density at radius 3 is 2.73 bits per heavy atom. The first-order valence-electron chi connectivity index (χ1n) is 4.79. The molecule has 78 valence electrons. The lowest BCUT2D eigenvalue weighted by atomic mass is 10.1. The number of hydrogen-bond donors (Lipinski definition) is 1. The summed E-state index contributed by atoms with van der Waals surface area (Å²) in [6.07, 6.45) is 0. The number of nitrogens with zero attached hydrogens (tertiary/aromatic N) is 1. The number of benzene rings is 1. The summed E-state index contributed by atoms with van der Waals surface area (Å²) in [6.45, 7) is 2.12. The summed E-state index contributed by atoms with van der Waals surface area (Å²) in [7, 11) is 0. The molecule has 1 aliphatic heterocycles. The van der Waals surface area contributed by atoms with Gasteiger partial charge >= 0.3 is 0 Å². The first-order chi connectivity index (χ1) is 7.11. The van der Waals surface area contributed by atoms with Crippen molar-refractivity contribution in [2.75, 3.05) is 0 Å². The fraction of sp³-hybridized carbons (Fsp3) is 0.273. The molecule has 0 saturated carbocycles. The summed E-state index contributed by atoms with van der Waals surface area (Å²) in [5.41, 5.74) is 6.81. The molecule has 1 aromatic carbocycles. The van der Waals surface area contributed by atoms with Gasteiger partial charge < -0.3 is 10.6 Å². The Morgan fingerprint density at radius 1 is 1.47 bits per heavy atom. The second-order valence-electron chi connectivity index (χ2n) is 3.67. The molecule has 0 saturated heterocycles. The largest absolute Gasteiger partial charge is 0.368 e. The van der Waals surface area contributed by atoms with Crippen molar-refractivity contribution in [1.29, 1.82) is 0 Å². The van der Waals surface area contributed by atoms with E-state index in [9.17, 15) is 9.59 Å². The van der Waals surface area contributed by atoms with Crippen LogP contribution >= 0.6 is 0 Å². The van der Waals surface area contributed by atoms with Gasteiger partial charge in [0.05, 0.1) is 0 Å². The molecule has 0 aliphatic carbocycles. The Bertz CT molecular complexity index is 428. The van der Waals surface area contributed by atoms with Crippen molar-refractivity contribution in [2.45, 2.75) is 19.5 Å². The maximum Gasteiger partial charge on any atom is 0.255 e. The molecule has 4 heteroatoms. The van der Waals surface area contributed by atoms with Crippen LogP contribution in [0.1, 0.15) is 22.8 Å². The van der Waals surface area contributed by atoms with Crippen LogP contribution in [0.25, 0.3) is 0 Å². The Morgan fingerprint density at radius 2 is 2.13 bits per heavy atom. The fourth-order valence-corrected chi connectivity index (χ4v) is 1.74. The molecular formula is C11H12N2O2. The summed E-state index contributed by atoms with van der Waals surface area (Å²) in [4.78, 5) is 24.4. The fourth-order valence-electron chi connectivity index (χ4n) is 1.74. The Hall–Kier alpha value is -1.84. The maximum absolute atomic E-state index is 11.9. The standard InChI is InChI=1S/C11H12N2O2/c1-7(10(12)14)13-6-8-4-2-3-5-9(8)11(13)15/h2-5,7H,6H2,1H3,(H2,12,14). The molecule has 1 atom stereocenters. The van der Waals surface area contributed by atoms with Gasteiger partial charge in [-0.2, -0.15) is 0 Å². The molecular weight excluding hydrogens is 192 g/mol. The number of amides is 2. The summed E-state index contributed by atoms with van der Waals surface area (Å²) >= 11 is 0. The second kappa shape index (κ2) is 3.38. The van der Waals surface area contributed by atoms with E-state index in [0.717, 1.165) is 5.56 Å². The third kappa shape index (κ3) is 1.48. The lowest BCUT2D eigenvalue weighted by Gasteiger charge is -2.20. The number of fused-ring (bicyclic) bond motifs is 1. The average Bonchev–Trinajstić information content (AvgIpc) is 2.56. The Balaban J connectivity index is 2.31. The van der Waals surface area contributed by atoms with Crippen LogP contribution < -0.4 is 5.73 Å². The van der Waals surface area contributed by atoms with Crippen molar-refractivity contribution in [1.82, 2.24) is 4.90 Å². The van der Waals surface area contributed by atoms with Crippen LogP contribution in [-0.2, 0) is 11.3 Å². The van der Waals surface area contributed by atoms with Crippen molar-refractivity contribution in [3.05, 3.63) is 35.4 Å². The van der Waals surface area contributed by atoms with Crippen LogP contribution in [0.4, 0.5) is 0 Å². The van der Waals surface area contributed by atoms with Gasteiger partial charge in [0, 0.05) is 12.1 Å². The van der Waals surface area contributed by atoms with Crippen LogP contribution in [0.15, 0.2) is 24.3 Å². The molecule has 1 unspecified atom stereocenters. The normalized spacial score (nSPS) is 16.3. The van der Waals surface area contributed by atoms with E-state index in [1.54, 1.807) is 13.0 Å². The molecule has 0 bridgehead atoms. The minimum absolute atomic E-state index is 0.114. The molecule has 0 aromatic heterocycles. The summed E-state index contributed by atoms with van der Waals surface area (Å²) in [5.74, 6) is -0.590. The van der Waals surface area contributed by atoms with Gasteiger partial charge in [0.15, 0.2) is 0 Å². The van der Waals surface area contributed by atoms with E-state index >= 15 is 0 Å². The molecule has 1 aromatic rings. The average molecular weight is 204 g/mol. The summed E-state index contributed by atoms with van der Waals surface area (Å²) < 4.78 is 0. The van der Waals surface area contributed by atoms with Gasteiger partial charge in [-0.05, 0) is 18.6 Å². The van der Waals surface area contributed by atoms with E-state index in [1.807, 2.05) is 18.2 Å². The first kappa shape index (κ1) is 9.71. The zero-order chi connectivity index (χ0) is 11.0. The van der Waals surface area contributed by atoms with E-state index in [2.05, 4.69) is 0 Å². The van der Waals surface area contributed by atoms with Crippen LogP contribution in [0.3, 0.4) is 0 Å². The van der Waals surface area contributed by atoms with E-state index in [0.29, 0.717) is 12.1 Å². The highest BCUT2D eigenvalue weighted by Gasteiger charge is 2.32. The van der Waals surface area contributed by atoms with Gasteiger partial charge in [-0.1, -0.05) is 18.2 Å². The topological polar surface area (TPSA) is 63.4 Å². The van der Waals surface area contributed by atoms with Gasteiger partial charge in [-0.15, -0.1) is 0 Å². The molecule has 0 spiro atoms. The zero-order valence-electron chi connectivity index (χ0n) is 8.43. The first-order valence-corrected chi connectivity index (χ1v) is 4.79. The van der Waals surface area contributed by atoms with Gasteiger partial charge in [-0.3, -0.25) is 9.59 Å². The van der Waals surface area contributed by atoms with Crippen molar-refractivity contribution in [2.24, 2.45) is 5.73 Å². The van der Waals surface area contributed by atoms with Crippen LogP contribution in [-0.4, -0.2) is 22.8 Å². The number of rotatable bonds is 2. The highest BCUT2D eigenvalue weighted by Crippen LogP contribution is 2.23. The third-order valence-electron chi connectivity index (χ3n) is 2.73. The van der Waals surface area contributed by atoms with Gasteiger partial charge in [-0.25, -0.2) is 0 Å².